The summed E-state index contributed by atoms with van der Waals surface area (Å²) in [5.74, 6) is 0.351. The fourth-order valence-corrected chi connectivity index (χ4v) is 3.29. The van der Waals surface area contributed by atoms with Crippen LogP contribution in [0.2, 0.25) is 0 Å². The van der Waals surface area contributed by atoms with Crippen molar-refractivity contribution in [1.29, 1.82) is 0 Å². The Hall–Kier alpha value is -1.55. The first-order valence-electron chi connectivity index (χ1n) is 8.13. The van der Waals surface area contributed by atoms with E-state index in [1.54, 1.807) is 0 Å². The molecular formula is C17H25N3O. The summed E-state index contributed by atoms with van der Waals surface area (Å²) in [6.45, 7) is 7.50. The molecule has 0 aromatic heterocycles. The average molecular weight is 287 g/mol. The number of likely N-dealkylation sites (tertiary alicyclic amines) is 1. The van der Waals surface area contributed by atoms with E-state index in [2.05, 4.69) is 40.1 Å². The number of carbonyl (C=O) groups is 1. The molecule has 2 fully saturated rings. The predicted octanol–water partition coefficient (Wildman–Crippen LogP) is 1.82. The van der Waals surface area contributed by atoms with Gasteiger partial charge in [0.1, 0.15) is 0 Å². The van der Waals surface area contributed by atoms with Crippen LogP contribution in [-0.2, 0) is 4.79 Å². The molecule has 0 atom stereocenters. The lowest BCUT2D eigenvalue weighted by molar-refractivity contribution is -0.127. The van der Waals surface area contributed by atoms with Crippen molar-refractivity contribution in [3.05, 3.63) is 30.3 Å². The normalized spacial score (nSPS) is 20.3. The number of hydrogen-bond donors (Lipinski definition) is 0. The van der Waals surface area contributed by atoms with E-state index in [-0.39, 0.29) is 0 Å². The molecule has 1 aromatic rings. The van der Waals surface area contributed by atoms with Crippen LogP contribution in [0.4, 0.5) is 5.69 Å². The Balaban J connectivity index is 1.37. The molecule has 0 N–H and O–H groups in total. The lowest BCUT2D eigenvalue weighted by Crippen LogP contribution is -2.47. The molecular weight excluding hydrogens is 262 g/mol. The average Bonchev–Trinajstić information content (AvgIpc) is 2.94. The highest BCUT2D eigenvalue weighted by molar-refractivity contribution is 5.77. The predicted molar refractivity (Wildman–Crippen MR) is 85.5 cm³/mol. The third-order valence-corrected chi connectivity index (χ3v) is 4.57. The largest absolute Gasteiger partial charge is 0.369 e. The molecule has 21 heavy (non-hydrogen) atoms. The Kier molecular flexibility index (Phi) is 4.76. The first kappa shape index (κ1) is 14.4. The van der Waals surface area contributed by atoms with E-state index >= 15 is 0 Å². The second kappa shape index (κ2) is 6.94. The van der Waals surface area contributed by atoms with Gasteiger partial charge in [0.15, 0.2) is 0 Å². The highest BCUT2D eigenvalue weighted by Crippen LogP contribution is 2.16. The molecule has 2 aliphatic heterocycles. The summed E-state index contributed by atoms with van der Waals surface area (Å²) in [7, 11) is 0. The number of para-hydroxylation sites is 1. The standard InChI is InChI=1S/C17H25N3O/c21-17-8-4-10-20(17)11-5-9-18-12-14-19(15-13-18)16-6-2-1-3-7-16/h1-3,6-7H,4-5,8-15H2. The maximum Gasteiger partial charge on any atom is 0.222 e. The van der Waals surface area contributed by atoms with E-state index < -0.39 is 0 Å². The van der Waals surface area contributed by atoms with E-state index in [0.717, 1.165) is 65.1 Å². The SMILES string of the molecule is O=C1CCCN1CCCN1CCN(c2ccccc2)CC1. The third-order valence-electron chi connectivity index (χ3n) is 4.57. The van der Waals surface area contributed by atoms with Crippen LogP contribution < -0.4 is 4.90 Å². The fourth-order valence-electron chi connectivity index (χ4n) is 3.29. The van der Waals surface area contributed by atoms with Crippen molar-refractivity contribution in [2.75, 3.05) is 50.7 Å². The van der Waals surface area contributed by atoms with Crippen LogP contribution in [0.5, 0.6) is 0 Å². The van der Waals surface area contributed by atoms with Crippen molar-refractivity contribution in [3.63, 3.8) is 0 Å². The highest BCUT2D eigenvalue weighted by Gasteiger charge is 2.20. The fraction of sp³-hybridized carbons (Fsp3) is 0.588. The molecule has 4 heteroatoms. The number of anilines is 1. The quantitative estimate of drug-likeness (QED) is 0.826. The highest BCUT2D eigenvalue weighted by atomic mass is 16.2. The molecule has 2 aliphatic rings. The first-order chi connectivity index (χ1) is 10.3. The Morgan fingerprint density at radius 1 is 0.905 bits per heavy atom. The lowest BCUT2D eigenvalue weighted by atomic mass is 10.2. The maximum absolute atomic E-state index is 11.6. The van der Waals surface area contributed by atoms with Gasteiger partial charge in [0.2, 0.25) is 5.91 Å². The molecule has 2 heterocycles. The molecule has 4 nitrogen and oxygen atoms in total. The van der Waals surface area contributed by atoms with Gasteiger partial charge in [0.25, 0.3) is 0 Å². The number of rotatable bonds is 5. The molecule has 0 unspecified atom stereocenters. The van der Waals surface area contributed by atoms with Crippen molar-refractivity contribution in [1.82, 2.24) is 9.80 Å². The molecule has 3 rings (SSSR count). The smallest absolute Gasteiger partial charge is 0.222 e. The van der Waals surface area contributed by atoms with Gasteiger partial charge in [0, 0.05) is 51.4 Å². The summed E-state index contributed by atoms with van der Waals surface area (Å²) in [5.41, 5.74) is 1.33. The van der Waals surface area contributed by atoms with E-state index in [0.29, 0.717) is 5.91 Å². The number of amides is 1. The summed E-state index contributed by atoms with van der Waals surface area (Å²) < 4.78 is 0. The summed E-state index contributed by atoms with van der Waals surface area (Å²) in [5, 5.41) is 0. The zero-order valence-corrected chi connectivity index (χ0v) is 12.7. The molecule has 0 aliphatic carbocycles. The van der Waals surface area contributed by atoms with Gasteiger partial charge < -0.3 is 9.80 Å². The van der Waals surface area contributed by atoms with E-state index in [1.165, 1.54) is 5.69 Å². The van der Waals surface area contributed by atoms with Crippen LogP contribution >= 0.6 is 0 Å². The topological polar surface area (TPSA) is 26.8 Å². The van der Waals surface area contributed by atoms with Gasteiger partial charge in [-0.15, -0.1) is 0 Å². The zero-order chi connectivity index (χ0) is 14.5. The number of hydrogen-bond acceptors (Lipinski definition) is 3. The Morgan fingerprint density at radius 2 is 1.67 bits per heavy atom. The van der Waals surface area contributed by atoms with E-state index in [1.807, 2.05) is 4.90 Å². The maximum atomic E-state index is 11.6. The molecule has 0 spiro atoms. The molecule has 1 amide bonds. The van der Waals surface area contributed by atoms with Crippen molar-refractivity contribution < 1.29 is 4.79 Å². The monoisotopic (exact) mass is 287 g/mol. The summed E-state index contributed by atoms with van der Waals surface area (Å²) in [4.78, 5) is 18.6. The van der Waals surface area contributed by atoms with Gasteiger partial charge in [-0.2, -0.15) is 0 Å². The van der Waals surface area contributed by atoms with E-state index in [9.17, 15) is 4.79 Å². The van der Waals surface area contributed by atoms with Crippen molar-refractivity contribution >= 4 is 11.6 Å². The van der Waals surface area contributed by atoms with Gasteiger partial charge in [-0.3, -0.25) is 9.69 Å². The van der Waals surface area contributed by atoms with Crippen LogP contribution in [-0.4, -0.2) is 61.5 Å². The number of piperazine rings is 1. The summed E-state index contributed by atoms with van der Waals surface area (Å²) >= 11 is 0. The van der Waals surface area contributed by atoms with Crippen molar-refractivity contribution in [3.8, 4) is 0 Å². The minimum absolute atomic E-state index is 0.351. The summed E-state index contributed by atoms with van der Waals surface area (Å²) in [6.07, 6.45) is 2.92. The van der Waals surface area contributed by atoms with Crippen LogP contribution in [0.3, 0.4) is 0 Å². The zero-order valence-electron chi connectivity index (χ0n) is 12.7. The van der Waals surface area contributed by atoms with Crippen molar-refractivity contribution in [2.45, 2.75) is 19.3 Å². The van der Waals surface area contributed by atoms with E-state index in [4.69, 9.17) is 0 Å². The van der Waals surface area contributed by atoms with Crippen molar-refractivity contribution in [2.24, 2.45) is 0 Å². The van der Waals surface area contributed by atoms with Crippen LogP contribution in [0.25, 0.3) is 0 Å². The second-order valence-electron chi connectivity index (χ2n) is 6.00. The molecule has 114 valence electrons. The van der Waals surface area contributed by atoms with Crippen LogP contribution in [0, 0.1) is 0 Å². The Labute approximate surface area is 127 Å². The van der Waals surface area contributed by atoms with Gasteiger partial charge in [-0.1, -0.05) is 18.2 Å². The minimum atomic E-state index is 0.351. The number of carbonyl (C=O) groups excluding carboxylic acids is 1. The second-order valence-corrected chi connectivity index (χ2v) is 6.00. The molecule has 2 saturated heterocycles. The molecule has 1 aromatic carbocycles. The molecule has 0 bridgehead atoms. The third kappa shape index (κ3) is 3.76. The van der Waals surface area contributed by atoms with Crippen LogP contribution in [0.15, 0.2) is 30.3 Å². The Morgan fingerprint density at radius 3 is 2.33 bits per heavy atom. The Bertz CT molecular complexity index is 454. The molecule has 0 radical (unpaired) electrons. The van der Waals surface area contributed by atoms with Gasteiger partial charge in [0.05, 0.1) is 0 Å². The van der Waals surface area contributed by atoms with Gasteiger partial charge >= 0.3 is 0 Å². The van der Waals surface area contributed by atoms with Crippen LogP contribution in [0.1, 0.15) is 19.3 Å². The number of nitrogens with zero attached hydrogens (tertiary/aromatic N) is 3. The minimum Gasteiger partial charge on any atom is -0.369 e. The molecule has 0 saturated carbocycles. The lowest BCUT2D eigenvalue weighted by Gasteiger charge is -2.36. The summed E-state index contributed by atoms with van der Waals surface area (Å²) in [6, 6.07) is 10.7. The first-order valence-corrected chi connectivity index (χ1v) is 8.13. The van der Waals surface area contributed by atoms with Gasteiger partial charge in [-0.05, 0) is 31.5 Å². The van der Waals surface area contributed by atoms with Gasteiger partial charge in [-0.25, -0.2) is 0 Å². The number of benzene rings is 1.